The van der Waals surface area contributed by atoms with Crippen molar-refractivity contribution in [1.82, 2.24) is 0 Å². The van der Waals surface area contributed by atoms with Crippen LogP contribution in [0.3, 0.4) is 0 Å². The average Bonchev–Trinajstić information content (AvgIpc) is 3.16. The lowest BCUT2D eigenvalue weighted by atomic mass is 9.43. The van der Waals surface area contributed by atoms with E-state index >= 15 is 0 Å². The van der Waals surface area contributed by atoms with Crippen LogP contribution in [0.2, 0.25) is 0 Å². The summed E-state index contributed by atoms with van der Waals surface area (Å²) in [6, 6.07) is 0. The number of aliphatic hydroxyl groups is 1. The highest BCUT2D eigenvalue weighted by Crippen LogP contribution is 2.68. The number of ketones is 1. The minimum Gasteiger partial charge on any atom is -0.469 e. The predicted octanol–water partition coefficient (Wildman–Crippen LogP) is 4.56. The molecular formula is C28H44O6. The molecule has 0 unspecified atom stereocenters. The molecule has 0 aromatic rings. The highest BCUT2D eigenvalue weighted by atomic mass is 16.5. The molecule has 0 spiro atoms. The Labute approximate surface area is 204 Å². The zero-order chi connectivity index (χ0) is 24.8. The van der Waals surface area contributed by atoms with E-state index in [2.05, 4.69) is 20.8 Å². The third-order valence-electron chi connectivity index (χ3n) is 11.0. The molecule has 0 heterocycles. The van der Waals surface area contributed by atoms with Crippen LogP contribution in [0.5, 0.6) is 0 Å². The van der Waals surface area contributed by atoms with Crippen molar-refractivity contribution in [1.29, 1.82) is 0 Å². The van der Waals surface area contributed by atoms with Crippen LogP contribution in [0.1, 0.15) is 85.5 Å². The Balaban J connectivity index is 1.54. The Hall–Kier alpha value is -1.43. The van der Waals surface area contributed by atoms with Gasteiger partial charge in [0.15, 0.2) is 0 Å². The lowest BCUT2D eigenvalue weighted by Gasteiger charge is -2.61. The molecule has 10 atom stereocenters. The SMILES string of the molecule is CCOC(=O)[C@@H]1CC[C@@]2(C)[C@H](CC(=O)[C@@H]3[C@@H]2C[C@H](O)[C@]2(C)[C@@H]([C@@H](C)CCC(=O)OC)CC[C@@H]32)C1. The number of fused-ring (bicyclic) bond motifs is 5. The van der Waals surface area contributed by atoms with E-state index in [1.807, 2.05) is 6.92 Å². The summed E-state index contributed by atoms with van der Waals surface area (Å²) in [7, 11) is 1.42. The average molecular weight is 477 g/mol. The van der Waals surface area contributed by atoms with Gasteiger partial charge in [-0.25, -0.2) is 0 Å². The molecule has 0 amide bonds. The molecule has 0 aliphatic heterocycles. The first-order chi connectivity index (χ1) is 16.1. The molecule has 0 aromatic carbocycles. The summed E-state index contributed by atoms with van der Waals surface area (Å²) in [5, 5.41) is 11.6. The van der Waals surface area contributed by atoms with Gasteiger partial charge >= 0.3 is 11.9 Å². The molecule has 4 saturated carbocycles. The molecule has 6 heteroatoms. The zero-order valence-electron chi connectivity index (χ0n) is 21.7. The van der Waals surface area contributed by atoms with Crippen LogP contribution in [-0.2, 0) is 23.9 Å². The van der Waals surface area contributed by atoms with Crippen molar-refractivity contribution in [3.05, 3.63) is 0 Å². The fraction of sp³-hybridized carbons (Fsp3) is 0.893. The van der Waals surface area contributed by atoms with Gasteiger partial charge in [-0.1, -0.05) is 20.8 Å². The van der Waals surface area contributed by atoms with Gasteiger partial charge in [0.05, 0.1) is 25.7 Å². The minimum atomic E-state index is -0.446. The van der Waals surface area contributed by atoms with E-state index in [0.29, 0.717) is 43.5 Å². The van der Waals surface area contributed by atoms with Gasteiger partial charge in [0, 0.05) is 24.2 Å². The van der Waals surface area contributed by atoms with E-state index in [1.54, 1.807) is 0 Å². The fourth-order valence-corrected chi connectivity index (χ4v) is 8.99. The smallest absolute Gasteiger partial charge is 0.308 e. The van der Waals surface area contributed by atoms with E-state index in [-0.39, 0.29) is 52.4 Å². The second-order valence-corrected chi connectivity index (χ2v) is 12.2. The van der Waals surface area contributed by atoms with E-state index < -0.39 is 6.10 Å². The van der Waals surface area contributed by atoms with Crippen LogP contribution in [0.4, 0.5) is 0 Å². The van der Waals surface area contributed by atoms with Crippen LogP contribution < -0.4 is 0 Å². The third kappa shape index (κ3) is 4.02. The second-order valence-electron chi connectivity index (χ2n) is 12.2. The summed E-state index contributed by atoms with van der Waals surface area (Å²) >= 11 is 0. The molecule has 6 nitrogen and oxygen atoms in total. The Morgan fingerprint density at radius 2 is 1.88 bits per heavy atom. The van der Waals surface area contributed by atoms with E-state index in [0.717, 1.165) is 38.5 Å². The standard InChI is InChI=1S/C28H44O6/c1-6-34-26(32)17-11-12-27(3)18(13-17)14-22(29)25-20-9-8-19(16(2)7-10-24(31)33-5)28(20,4)23(30)15-21(25)27/h16-21,23,25,30H,6-15H2,1-5H3/t16-,17+,18-,19+,20-,21-,23-,25-,27-,28+/m0/s1. The number of carbonyl (C=O) groups excluding carboxylic acids is 3. The molecule has 0 aromatic heterocycles. The van der Waals surface area contributed by atoms with E-state index in [1.165, 1.54) is 7.11 Å². The maximum Gasteiger partial charge on any atom is 0.308 e. The van der Waals surface area contributed by atoms with Crippen molar-refractivity contribution in [2.45, 2.75) is 91.6 Å². The lowest BCUT2D eigenvalue weighted by Crippen LogP contribution is -2.61. The van der Waals surface area contributed by atoms with Gasteiger partial charge in [0.25, 0.3) is 0 Å². The minimum absolute atomic E-state index is 0.00611. The van der Waals surface area contributed by atoms with Gasteiger partial charge in [0.1, 0.15) is 5.78 Å². The van der Waals surface area contributed by atoms with Gasteiger partial charge in [-0.2, -0.15) is 0 Å². The van der Waals surface area contributed by atoms with Crippen LogP contribution in [0, 0.1) is 52.3 Å². The number of hydrogen-bond donors (Lipinski definition) is 1. The first-order valence-electron chi connectivity index (χ1n) is 13.5. The van der Waals surface area contributed by atoms with Crippen molar-refractivity contribution in [3.63, 3.8) is 0 Å². The Morgan fingerprint density at radius 3 is 2.56 bits per heavy atom. The van der Waals surface area contributed by atoms with Gasteiger partial charge in [0.2, 0.25) is 0 Å². The van der Waals surface area contributed by atoms with Gasteiger partial charge in [-0.3, -0.25) is 14.4 Å². The van der Waals surface area contributed by atoms with Crippen LogP contribution >= 0.6 is 0 Å². The molecule has 0 radical (unpaired) electrons. The number of esters is 2. The number of hydrogen-bond acceptors (Lipinski definition) is 6. The van der Waals surface area contributed by atoms with E-state index in [9.17, 15) is 19.5 Å². The van der Waals surface area contributed by atoms with Crippen molar-refractivity contribution in [3.8, 4) is 0 Å². The number of aliphatic hydroxyl groups excluding tert-OH is 1. The quantitative estimate of drug-likeness (QED) is 0.565. The van der Waals surface area contributed by atoms with Gasteiger partial charge in [-0.05, 0) is 86.9 Å². The highest BCUT2D eigenvalue weighted by molar-refractivity contribution is 5.84. The van der Waals surface area contributed by atoms with Gasteiger partial charge < -0.3 is 14.6 Å². The lowest BCUT2D eigenvalue weighted by molar-refractivity contribution is -0.183. The molecule has 0 saturated heterocycles. The highest BCUT2D eigenvalue weighted by Gasteiger charge is 2.66. The van der Waals surface area contributed by atoms with Crippen LogP contribution in [-0.4, -0.2) is 42.6 Å². The van der Waals surface area contributed by atoms with Crippen molar-refractivity contribution < 1.29 is 29.0 Å². The summed E-state index contributed by atoms with van der Waals surface area (Å²) in [6.45, 7) is 8.96. The van der Waals surface area contributed by atoms with Crippen LogP contribution in [0.15, 0.2) is 0 Å². The number of rotatable bonds is 6. The van der Waals surface area contributed by atoms with Crippen LogP contribution in [0.25, 0.3) is 0 Å². The summed E-state index contributed by atoms with van der Waals surface area (Å²) < 4.78 is 10.1. The summed E-state index contributed by atoms with van der Waals surface area (Å²) in [6.07, 6.45) is 6.37. The molecule has 4 aliphatic rings. The molecule has 34 heavy (non-hydrogen) atoms. The molecular weight excluding hydrogens is 432 g/mol. The molecule has 0 bridgehead atoms. The Morgan fingerprint density at radius 1 is 1.15 bits per heavy atom. The van der Waals surface area contributed by atoms with Gasteiger partial charge in [-0.15, -0.1) is 0 Å². The monoisotopic (exact) mass is 476 g/mol. The Kier molecular flexibility index (Phi) is 7.21. The summed E-state index contributed by atoms with van der Waals surface area (Å²) in [5.41, 5.74) is -0.309. The normalized spacial score (nSPS) is 44.4. The summed E-state index contributed by atoms with van der Waals surface area (Å²) in [4.78, 5) is 37.8. The number of carbonyl (C=O) groups is 3. The maximum atomic E-state index is 13.7. The Bertz CT molecular complexity index is 809. The molecule has 192 valence electrons. The first kappa shape index (κ1) is 25.7. The molecule has 4 rings (SSSR count). The number of ether oxygens (including phenoxy) is 2. The van der Waals surface area contributed by atoms with E-state index in [4.69, 9.17) is 9.47 Å². The number of methoxy groups -OCH3 is 1. The first-order valence-corrected chi connectivity index (χ1v) is 13.5. The van der Waals surface area contributed by atoms with Crippen molar-refractivity contribution >= 4 is 17.7 Å². The third-order valence-corrected chi connectivity index (χ3v) is 11.0. The molecule has 4 fully saturated rings. The zero-order valence-corrected chi connectivity index (χ0v) is 21.7. The molecule has 1 N–H and O–H groups in total. The second kappa shape index (κ2) is 9.55. The summed E-state index contributed by atoms with van der Waals surface area (Å²) in [5.74, 6) is 1.11. The fourth-order valence-electron chi connectivity index (χ4n) is 8.99. The molecule has 4 aliphatic carbocycles. The predicted molar refractivity (Wildman–Crippen MR) is 128 cm³/mol. The topological polar surface area (TPSA) is 89.9 Å². The van der Waals surface area contributed by atoms with Crippen molar-refractivity contribution in [2.24, 2.45) is 52.3 Å². The van der Waals surface area contributed by atoms with Crippen molar-refractivity contribution in [2.75, 3.05) is 13.7 Å². The number of Topliss-reactive ketones (excluding diaryl/α,β-unsaturated/α-hetero) is 1. The maximum absolute atomic E-state index is 13.7. The largest absolute Gasteiger partial charge is 0.469 e.